The SMILES string of the molecule is Cc1cc(N2CCCC2)ccc1NC(=O)CN1C(=O)NC2(CCC(C(C)(C)C)CC2)C1=O. The highest BCUT2D eigenvalue weighted by molar-refractivity contribution is 6.10. The van der Waals surface area contributed by atoms with Crippen molar-refractivity contribution < 1.29 is 14.4 Å². The van der Waals surface area contributed by atoms with Gasteiger partial charge in [-0.1, -0.05) is 20.8 Å². The predicted molar refractivity (Wildman–Crippen MR) is 126 cm³/mol. The summed E-state index contributed by atoms with van der Waals surface area (Å²) in [6.07, 6.45) is 5.49. The van der Waals surface area contributed by atoms with Crippen molar-refractivity contribution in [1.82, 2.24) is 10.2 Å². The van der Waals surface area contributed by atoms with Crippen LogP contribution in [0.3, 0.4) is 0 Å². The minimum Gasteiger partial charge on any atom is -0.372 e. The van der Waals surface area contributed by atoms with Gasteiger partial charge in [0.05, 0.1) is 0 Å². The van der Waals surface area contributed by atoms with E-state index in [0.29, 0.717) is 24.4 Å². The quantitative estimate of drug-likeness (QED) is 0.692. The second kappa shape index (κ2) is 8.41. The van der Waals surface area contributed by atoms with Crippen molar-refractivity contribution in [2.75, 3.05) is 29.9 Å². The van der Waals surface area contributed by atoms with E-state index in [-0.39, 0.29) is 23.8 Å². The number of carbonyl (C=O) groups excluding carboxylic acids is 3. The van der Waals surface area contributed by atoms with E-state index >= 15 is 0 Å². The third-order valence-corrected chi connectivity index (χ3v) is 7.57. The molecule has 2 saturated heterocycles. The maximum absolute atomic E-state index is 13.2. The predicted octanol–water partition coefficient (Wildman–Crippen LogP) is 4.06. The fourth-order valence-electron chi connectivity index (χ4n) is 5.43. The number of imide groups is 1. The zero-order chi connectivity index (χ0) is 23.1. The van der Waals surface area contributed by atoms with Gasteiger partial charge in [-0.25, -0.2) is 4.79 Å². The topological polar surface area (TPSA) is 81.8 Å². The smallest absolute Gasteiger partial charge is 0.325 e. The standard InChI is InChI=1S/C25H36N4O3/c1-17-15-19(28-13-5-6-14-28)7-8-20(17)26-21(30)16-29-22(31)25(27-23(29)32)11-9-18(10-12-25)24(2,3)4/h7-8,15,18H,5-6,9-14,16H2,1-4H3,(H,26,30)(H,27,32). The van der Waals surface area contributed by atoms with E-state index in [1.807, 2.05) is 19.1 Å². The van der Waals surface area contributed by atoms with Crippen LogP contribution in [0, 0.1) is 18.3 Å². The Labute approximate surface area is 190 Å². The maximum Gasteiger partial charge on any atom is 0.325 e. The fraction of sp³-hybridized carbons (Fsp3) is 0.640. The molecule has 0 radical (unpaired) electrons. The number of rotatable bonds is 4. The molecule has 1 aromatic rings. The third-order valence-electron chi connectivity index (χ3n) is 7.57. The minimum absolute atomic E-state index is 0.190. The van der Waals surface area contributed by atoms with Gasteiger partial charge < -0.3 is 15.5 Å². The summed E-state index contributed by atoms with van der Waals surface area (Å²) in [6.45, 7) is 10.5. The number of aryl methyl sites for hydroxylation is 1. The second-order valence-electron chi connectivity index (χ2n) is 10.8. The molecule has 2 heterocycles. The number of amides is 4. The van der Waals surface area contributed by atoms with Crippen LogP contribution in [0.4, 0.5) is 16.2 Å². The van der Waals surface area contributed by atoms with Crippen molar-refractivity contribution in [2.45, 2.75) is 71.8 Å². The number of nitrogens with one attached hydrogen (secondary N) is 2. The molecule has 2 aliphatic heterocycles. The second-order valence-corrected chi connectivity index (χ2v) is 10.8. The zero-order valence-electron chi connectivity index (χ0n) is 19.8. The van der Waals surface area contributed by atoms with E-state index in [1.165, 1.54) is 18.5 Å². The number of anilines is 2. The molecule has 7 heteroatoms. The molecule has 4 rings (SSSR count). The Kier molecular flexibility index (Phi) is 5.94. The molecular weight excluding hydrogens is 404 g/mol. The summed E-state index contributed by atoms with van der Waals surface area (Å²) >= 11 is 0. The van der Waals surface area contributed by atoms with Crippen molar-refractivity contribution in [3.8, 4) is 0 Å². The molecule has 32 heavy (non-hydrogen) atoms. The number of benzene rings is 1. The Balaban J connectivity index is 1.37. The van der Waals surface area contributed by atoms with Crippen molar-refractivity contribution >= 4 is 29.2 Å². The van der Waals surface area contributed by atoms with Gasteiger partial charge in [-0.05, 0) is 80.5 Å². The molecule has 174 valence electrons. The van der Waals surface area contributed by atoms with Crippen LogP contribution >= 0.6 is 0 Å². The first-order chi connectivity index (χ1) is 15.1. The number of hydrogen-bond donors (Lipinski definition) is 2. The summed E-state index contributed by atoms with van der Waals surface area (Å²) in [4.78, 5) is 41.9. The summed E-state index contributed by atoms with van der Waals surface area (Å²) in [6, 6.07) is 5.55. The summed E-state index contributed by atoms with van der Waals surface area (Å²) in [5, 5.41) is 5.80. The van der Waals surface area contributed by atoms with E-state index < -0.39 is 11.6 Å². The highest BCUT2D eigenvalue weighted by Crippen LogP contribution is 2.43. The Bertz CT molecular complexity index is 906. The van der Waals surface area contributed by atoms with E-state index in [1.54, 1.807) is 0 Å². The van der Waals surface area contributed by atoms with Gasteiger partial charge in [0.2, 0.25) is 5.91 Å². The van der Waals surface area contributed by atoms with Crippen LogP contribution in [0.25, 0.3) is 0 Å². The van der Waals surface area contributed by atoms with Crippen molar-refractivity contribution in [1.29, 1.82) is 0 Å². The molecule has 1 saturated carbocycles. The van der Waals surface area contributed by atoms with Gasteiger partial charge in [0.15, 0.2) is 0 Å². The highest BCUT2D eigenvalue weighted by Gasteiger charge is 2.53. The van der Waals surface area contributed by atoms with Crippen molar-refractivity contribution in [3.05, 3.63) is 23.8 Å². The van der Waals surface area contributed by atoms with E-state index in [2.05, 4.69) is 42.4 Å². The summed E-state index contributed by atoms with van der Waals surface area (Å²) in [5.41, 5.74) is 2.20. The molecule has 1 spiro atoms. The normalized spacial score (nSPS) is 26.1. The summed E-state index contributed by atoms with van der Waals surface area (Å²) < 4.78 is 0. The molecular formula is C25H36N4O3. The van der Waals surface area contributed by atoms with Crippen LogP contribution in [0.5, 0.6) is 0 Å². The van der Waals surface area contributed by atoms with Crippen LogP contribution in [-0.2, 0) is 9.59 Å². The number of nitrogens with zero attached hydrogens (tertiary/aromatic N) is 2. The minimum atomic E-state index is -0.841. The van der Waals surface area contributed by atoms with Gasteiger partial charge in [-0.2, -0.15) is 0 Å². The number of carbonyl (C=O) groups is 3. The number of hydrogen-bond acceptors (Lipinski definition) is 4. The van der Waals surface area contributed by atoms with Crippen molar-refractivity contribution in [2.24, 2.45) is 11.3 Å². The maximum atomic E-state index is 13.2. The van der Waals surface area contributed by atoms with Gasteiger partial charge in [0.25, 0.3) is 5.91 Å². The van der Waals surface area contributed by atoms with Crippen LogP contribution in [-0.4, -0.2) is 47.9 Å². The number of urea groups is 1. The van der Waals surface area contributed by atoms with Crippen LogP contribution in [0.1, 0.15) is 64.9 Å². The lowest BCUT2D eigenvalue weighted by Gasteiger charge is -2.40. The van der Waals surface area contributed by atoms with E-state index in [9.17, 15) is 14.4 Å². The lowest BCUT2D eigenvalue weighted by molar-refractivity contribution is -0.135. The van der Waals surface area contributed by atoms with E-state index in [0.717, 1.165) is 36.4 Å². The Morgan fingerprint density at radius 1 is 1.16 bits per heavy atom. The van der Waals surface area contributed by atoms with Gasteiger partial charge in [0, 0.05) is 24.5 Å². The Morgan fingerprint density at radius 3 is 2.41 bits per heavy atom. The molecule has 4 amide bonds. The van der Waals surface area contributed by atoms with Crippen LogP contribution in [0.15, 0.2) is 18.2 Å². The molecule has 1 aromatic carbocycles. The van der Waals surface area contributed by atoms with Crippen molar-refractivity contribution in [3.63, 3.8) is 0 Å². The monoisotopic (exact) mass is 440 g/mol. The average molecular weight is 441 g/mol. The lowest BCUT2D eigenvalue weighted by atomic mass is 9.67. The molecule has 0 unspecified atom stereocenters. The average Bonchev–Trinajstić information content (AvgIpc) is 3.33. The van der Waals surface area contributed by atoms with Crippen LogP contribution < -0.4 is 15.5 Å². The summed E-state index contributed by atoms with van der Waals surface area (Å²) in [5.74, 6) is -0.0845. The van der Waals surface area contributed by atoms with Crippen LogP contribution in [0.2, 0.25) is 0 Å². The molecule has 3 aliphatic rings. The highest BCUT2D eigenvalue weighted by atomic mass is 16.2. The van der Waals surface area contributed by atoms with Gasteiger partial charge in [-0.15, -0.1) is 0 Å². The Hall–Kier alpha value is -2.57. The lowest BCUT2D eigenvalue weighted by Crippen LogP contribution is -2.51. The molecule has 7 nitrogen and oxygen atoms in total. The van der Waals surface area contributed by atoms with Gasteiger partial charge in [-0.3, -0.25) is 14.5 Å². The third kappa shape index (κ3) is 4.34. The first-order valence-corrected chi connectivity index (χ1v) is 11.9. The molecule has 0 bridgehead atoms. The van der Waals surface area contributed by atoms with Gasteiger partial charge in [0.1, 0.15) is 12.1 Å². The molecule has 1 aliphatic carbocycles. The van der Waals surface area contributed by atoms with E-state index in [4.69, 9.17) is 0 Å². The van der Waals surface area contributed by atoms with Gasteiger partial charge >= 0.3 is 6.03 Å². The molecule has 2 N–H and O–H groups in total. The summed E-state index contributed by atoms with van der Waals surface area (Å²) in [7, 11) is 0. The zero-order valence-corrected chi connectivity index (χ0v) is 19.8. The Morgan fingerprint density at radius 2 is 1.81 bits per heavy atom. The molecule has 0 aromatic heterocycles. The fourth-order valence-corrected chi connectivity index (χ4v) is 5.43. The largest absolute Gasteiger partial charge is 0.372 e. The molecule has 3 fully saturated rings. The molecule has 0 atom stereocenters. The first-order valence-electron chi connectivity index (χ1n) is 11.9. The first kappa shape index (κ1) is 22.6.